The molecule has 0 aliphatic heterocycles. The summed E-state index contributed by atoms with van der Waals surface area (Å²) in [6.45, 7) is 6.54. The second-order valence-corrected chi connectivity index (χ2v) is 7.69. The van der Waals surface area contributed by atoms with E-state index in [4.69, 9.17) is 0 Å². The lowest BCUT2D eigenvalue weighted by molar-refractivity contribution is 0.781. The highest BCUT2D eigenvalue weighted by molar-refractivity contribution is 7.11. The highest BCUT2D eigenvalue weighted by atomic mass is 32.1. The average Bonchev–Trinajstić information content (AvgIpc) is 3.28. The van der Waals surface area contributed by atoms with Gasteiger partial charge < -0.3 is 15.2 Å². The molecule has 0 aliphatic carbocycles. The van der Waals surface area contributed by atoms with Crippen molar-refractivity contribution in [2.75, 3.05) is 13.6 Å². The first-order valence-electron chi connectivity index (χ1n) is 9.05. The van der Waals surface area contributed by atoms with E-state index in [1.165, 1.54) is 21.0 Å². The molecule has 3 rings (SSSR count). The second kappa shape index (κ2) is 9.32. The smallest absolute Gasteiger partial charge is 0.191 e. The average molecular weight is 383 g/mol. The molecule has 0 bridgehead atoms. The lowest BCUT2D eigenvalue weighted by atomic mass is 10.1. The van der Waals surface area contributed by atoms with Gasteiger partial charge in [-0.15, -0.1) is 11.3 Å². The quantitative estimate of drug-likeness (QED) is 0.487. The first-order chi connectivity index (χ1) is 13.1. The Morgan fingerprint density at radius 3 is 2.78 bits per heavy atom. The minimum absolute atomic E-state index is 0.729. The molecule has 2 N–H and O–H groups in total. The predicted octanol–water partition coefficient (Wildman–Crippen LogP) is 2.91. The van der Waals surface area contributed by atoms with Gasteiger partial charge in [0.1, 0.15) is 0 Å². The Kier molecular flexibility index (Phi) is 6.59. The minimum atomic E-state index is 0.729. The van der Waals surface area contributed by atoms with Gasteiger partial charge in [0.15, 0.2) is 5.96 Å². The third-order valence-electron chi connectivity index (χ3n) is 4.30. The normalized spacial score (nSPS) is 11.6. The van der Waals surface area contributed by atoms with Crippen LogP contribution in [0.4, 0.5) is 0 Å². The summed E-state index contributed by atoms with van der Waals surface area (Å²) in [4.78, 5) is 14.3. The number of guanidine groups is 1. The fraction of sp³-hybridized carbons (Fsp3) is 0.350. The molecule has 0 amide bonds. The number of aryl methyl sites for hydroxylation is 2. The van der Waals surface area contributed by atoms with Crippen molar-refractivity contribution in [1.82, 2.24) is 25.2 Å². The van der Waals surface area contributed by atoms with Gasteiger partial charge in [0.25, 0.3) is 0 Å². The van der Waals surface area contributed by atoms with Gasteiger partial charge in [-0.05, 0) is 25.0 Å². The Balaban J connectivity index is 1.47. The summed E-state index contributed by atoms with van der Waals surface area (Å²) in [7, 11) is 1.79. The van der Waals surface area contributed by atoms with Crippen molar-refractivity contribution in [1.29, 1.82) is 0 Å². The molecule has 27 heavy (non-hydrogen) atoms. The molecule has 3 aromatic rings. The number of benzene rings is 1. The Bertz CT molecular complexity index is 862. The molecule has 1 aromatic carbocycles. The van der Waals surface area contributed by atoms with Crippen molar-refractivity contribution in [3.05, 3.63) is 69.7 Å². The minimum Gasteiger partial charge on any atom is -0.356 e. The molecule has 0 radical (unpaired) electrons. The Morgan fingerprint density at radius 1 is 1.22 bits per heavy atom. The Labute approximate surface area is 164 Å². The molecule has 0 spiro atoms. The van der Waals surface area contributed by atoms with Crippen LogP contribution in [0.5, 0.6) is 0 Å². The van der Waals surface area contributed by atoms with E-state index in [0.717, 1.165) is 37.7 Å². The maximum Gasteiger partial charge on any atom is 0.191 e. The first-order valence-corrected chi connectivity index (χ1v) is 9.86. The molecule has 2 aromatic heterocycles. The van der Waals surface area contributed by atoms with Gasteiger partial charge >= 0.3 is 0 Å². The Hall–Kier alpha value is -2.67. The summed E-state index contributed by atoms with van der Waals surface area (Å²) >= 11 is 1.77. The molecule has 142 valence electrons. The van der Waals surface area contributed by atoms with Gasteiger partial charge in [0.05, 0.1) is 17.0 Å². The van der Waals surface area contributed by atoms with Crippen molar-refractivity contribution in [2.45, 2.75) is 33.4 Å². The van der Waals surface area contributed by atoms with Crippen molar-refractivity contribution in [3.8, 4) is 0 Å². The third kappa shape index (κ3) is 5.65. The number of nitrogens with zero attached hydrogens (tertiary/aromatic N) is 4. The zero-order valence-corrected chi connectivity index (χ0v) is 16.9. The zero-order chi connectivity index (χ0) is 19.1. The second-order valence-electron chi connectivity index (χ2n) is 6.41. The molecule has 0 atom stereocenters. The van der Waals surface area contributed by atoms with Crippen molar-refractivity contribution in [2.24, 2.45) is 4.99 Å². The van der Waals surface area contributed by atoms with E-state index in [1.807, 2.05) is 12.5 Å². The Morgan fingerprint density at radius 2 is 2.07 bits per heavy atom. The number of nitrogens with one attached hydrogen (secondary N) is 2. The van der Waals surface area contributed by atoms with Gasteiger partial charge in [-0.1, -0.05) is 24.3 Å². The summed E-state index contributed by atoms with van der Waals surface area (Å²) in [5.74, 6) is 0.806. The molecular formula is C20H26N6S. The molecule has 0 saturated heterocycles. The van der Waals surface area contributed by atoms with Crippen LogP contribution in [0.25, 0.3) is 0 Å². The SMILES string of the molecule is CN=C(NCCc1nc(C)c(C)s1)NCc1cccc(Cn2ccnc2)c1. The van der Waals surface area contributed by atoms with Crippen LogP contribution >= 0.6 is 11.3 Å². The summed E-state index contributed by atoms with van der Waals surface area (Å²) in [5.41, 5.74) is 3.61. The van der Waals surface area contributed by atoms with E-state index >= 15 is 0 Å². The number of imidazole rings is 1. The fourth-order valence-electron chi connectivity index (χ4n) is 2.77. The van der Waals surface area contributed by atoms with Gasteiger partial charge in [-0.3, -0.25) is 4.99 Å². The first kappa shape index (κ1) is 19.1. The molecule has 6 nitrogen and oxygen atoms in total. The number of rotatable bonds is 7. The monoisotopic (exact) mass is 382 g/mol. The van der Waals surface area contributed by atoms with E-state index in [9.17, 15) is 0 Å². The largest absolute Gasteiger partial charge is 0.356 e. The molecule has 2 heterocycles. The lowest BCUT2D eigenvalue weighted by Gasteiger charge is -2.12. The van der Waals surface area contributed by atoms with Crippen LogP contribution in [0.2, 0.25) is 0 Å². The summed E-state index contributed by atoms with van der Waals surface area (Å²) < 4.78 is 2.06. The van der Waals surface area contributed by atoms with Crippen LogP contribution in [0.3, 0.4) is 0 Å². The highest BCUT2D eigenvalue weighted by Gasteiger charge is 2.04. The van der Waals surface area contributed by atoms with E-state index < -0.39 is 0 Å². The molecule has 0 unspecified atom stereocenters. The number of aromatic nitrogens is 3. The van der Waals surface area contributed by atoms with Crippen molar-refractivity contribution >= 4 is 17.3 Å². The molecule has 7 heteroatoms. The number of thiazole rings is 1. The molecule has 0 aliphatic rings. The van der Waals surface area contributed by atoms with Crippen LogP contribution in [0.1, 0.15) is 26.7 Å². The topological polar surface area (TPSA) is 67.1 Å². The fourth-order valence-corrected chi connectivity index (χ4v) is 3.70. The van der Waals surface area contributed by atoms with Crippen molar-refractivity contribution < 1.29 is 0 Å². The summed E-state index contributed by atoms with van der Waals surface area (Å²) in [5, 5.41) is 7.91. The van der Waals surface area contributed by atoms with E-state index in [0.29, 0.717) is 0 Å². The maximum absolute atomic E-state index is 4.58. The third-order valence-corrected chi connectivity index (χ3v) is 5.44. The predicted molar refractivity (Wildman–Crippen MR) is 111 cm³/mol. The molecule has 0 fully saturated rings. The van der Waals surface area contributed by atoms with E-state index in [2.05, 4.69) is 68.3 Å². The van der Waals surface area contributed by atoms with E-state index in [1.54, 1.807) is 24.6 Å². The molecule has 0 saturated carbocycles. The van der Waals surface area contributed by atoms with Gasteiger partial charge in [-0.2, -0.15) is 0 Å². The molecular weight excluding hydrogens is 356 g/mol. The van der Waals surface area contributed by atoms with Crippen molar-refractivity contribution in [3.63, 3.8) is 0 Å². The number of hydrogen-bond donors (Lipinski definition) is 2. The van der Waals surface area contributed by atoms with Crippen LogP contribution in [0.15, 0.2) is 48.0 Å². The highest BCUT2D eigenvalue weighted by Crippen LogP contribution is 2.16. The van der Waals surface area contributed by atoms with Crippen LogP contribution in [-0.2, 0) is 19.5 Å². The summed E-state index contributed by atoms with van der Waals surface area (Å²) in [6.07, 6.45) is 6.51. The number of aliphatic imine (C=N–C) groups is 1. The lowest BCUT2D eigenvalue weighted by Crippen LogP contribution is -2.37. The standard InChI is InChI=1S/C20H26N6S/c1-15-16(2)27-19(25-15)7-8-23-20(21-3)24-12-17-5-4-6-18(11-17)13-26-10-9-22-14-26/h4-6,9-11,14H,7-8,12-13H2,1-3H3,(H2,21,23,24). The zero-order valence-electron chi connectivity index (χ0n) is 16.1. The van der Waals surface area contributed by atoms with Gasteiger partial charge in [0, 0.05) is 50.4 Å². The summed E-state index contributed by atoms with van der Waals surface area (Å²) in [6, 6.07) is 8.56. The number of hydrogen-bond acceptors (Lipinski definition) is 4. The van der Waals surface area contributed by atoms with E-state index in [-0.39, 0.29) is 0 Å². The van der Waals surface area contributed by atoms with Crippen LogP contribution in [-0.4, -0.2) is 34.1 Å². The van der Waals surface area contributed by atoms with Crippen LogP contribution in [0, 0.1) is 13.8 Å². The van der Waals surface area contributed by atoms with Crippen LogP contribution < -0.4 is 10.6 Å². The van der Waals surface area contributed by atoms with Gasteiger partial charge in [0.2, 0.25) is 0 Å². The maximum atomic E-state index is 4.58. The van der Waals surface area contributed by atoms with Gasteiger partial charge in [-0.25, -0.2) is 9.97 Å².